The zero-order valence-electron chi connectivity index (χ0n) is 16.9. The van der Waals surface area contributed by atoms with Crippen LogP contribution in [0.4, 0.5) is 5.69 Å². The zero-order chi connectivity index (χ0) is 21.8. The lowest BCUT2D eigenvalue weighted by atomic mass is 10.0. The molecule has 31 heavy (non-hydrogen) atoms. The molecule has 1 aromatic rings. The molecule has 0 radical (unpaired) electrons. The first-order valence-corrected chi connectivity index (χ1v) is 11.2. The van der Waals surface area contributed by atoms with Gasteiger partial charge in [-0.1, -0.05) is 18.0 Å². The van der Waals surface area contributed by atoms with Gasteiger partial charge in [-0.15, -0.1) is 0 Å². The molecule has 4 amide bonds. The predicted molar refractivity (Wildman–Crippen MR) is 115 cm³/mol. The Kier molecular flexibility index (Phi) is 6.86. The van der Waals surface area contributed by atoms with E-state index >= 15 is 0 Å². The van der Waals surface area contributed by atoms with Crippen molar-refractivity contribution < 1.29 is 23.9 Å². The van der Waals surface area contributed by atoms with E-state index in [0.29, 0.717) is 30.7 Å². The first-order valence-electron chi connectivity index (χ1n) is 10.3. The fourth-order valence-corrected chi connectivity index (χ4v) is 4.50. The minimum atomic E-state index is -0.970. The van der Waals surface area contributed by atoms with Crippen LogP contribution >= 0.6 is 11.9 Å². The predicted octanol–water partition coefficient (Wildman–Crippen LogP) is -0.274. The quantitative estimate of drug-likeness (QED) is 0.218. The van der Waals surface area contributed by atoms with Gasteiger partial charge in [-0.05, 0) is 18.6 Å². The molecule has 3 aliphatic rings. The number of nitrogens with zero attached hydrogens (tertiary/aromatic N) is 1. The summed E-state index contributed by atoms with van der Waals surface area (Å²) >= 11 is 1.72. The van der Waals surface area contributed by atoms with Crippen LogP contribution in [0.5, 0.6) is 0 Å². The van der Waals surface area contributed by atoms with Gasteiger partial charge in [-0.25, -0.2) is 0 Å². The molecule has 2 saturated heterocycles. The number of ether oxygens (including phenoxy) is 1. The number of piperidine rings is 1. The molecular formula is C20H25N5O5S. The third-order valence-corrected chi connectivity index (χ3v) is 6.41. The number of hydrogen-bond donors (Lipinski definition) is 4. The van der Waals surface area contributed by atoms with E-state index in [2.05, 4.69) is 20.7 Å². The van der Waals surface area contributed by atoms with Crippen molar-refractivity contribution in [3.63, 3.8) is 0 Å². The van der Waals surface area contributed by atoms with Crippen molar-refractivity contribution in [2.45, 2.75) is 24.1 Å². The van der Waals surface area contributed by atoms with E-state index in [0.717, 1.165) is 24.5 Å². The van der Waals surface area contributed by atoms with Crippen LogP contribution in [0.25, 0.3) is 0 Å². The van der Waals surface area contributed by atoms with Gasteiger partial charge >= 0.3 is 0 Å². The van der Waals surface area contributed by atoms with E-state index < -0.39 is 29.7 Å². The van der Waals surface area contributed by atoms with Crippen molar-refractivity contribution in [1.82, 2.24) is 20.3 Å². The minimum absolute atomic E-state index is 0.0944. The number of anilines is 1. The molecule has 4 N–H and O–H groups in total. The lowest BCUT2D eigenvalue weighted by molar-refractivity contribution is -0.136. The van der Waals surface area contributed by atoms with E-state index in [4.69, 9.17) is 4.74 Å². The van der Waals surface area contributed by atoms with Crippen LogP contribution in [0, 0.1) is 0 Å². The standard InChI is InChI=1S/C20H25N5O5S/c26-16-5-4-15(18(27)24-16)25-19(28)13-2-1-3-14(17(13)20(25)29)22-6-8-30-9-7-23-31-12-10-21-11-12/h1-3,12,15,21-23H,4-11H2,(H,24,26,27). The van der Waals surface area contributed by atoms with Gasteiger partial charge in [0.05, 0.1) is 24.3 Å². The molecule has 3 heterocycles. The molecule has 2 fully saturated rings. The second-order valence-corrected chi connectivity index (χ2v) is 8.70. The van der Waals surface area contributed by atoms with Crippen LogP contribution in [0.3, 0.4) is 0 Å². The number of amides is 4. The van der Waals surface area contributed by atoms with Crippen molar-refractivity contribution in [3.8, 4) is 0 Å². The van der Waals surface area contributed by atoms with Crippen LogP contribution in [0.1, 0.15) is 33.6 Å². The second kappa shape index (κ2) is 9.77. The fourth-order valence-electron chi connectivity index (χ4n) is 3.66. The third kappa shape index (κ3) is 4.74. The molecule has 4 rings (SSSR count). The van der Waals surface area contributed by atoms with E-state index in [1.54, 1.807) is 30.1 Å². The van der Waals surface area contributed by atoms with Crippen LogP contribution in [0.15, 0.2) is 18.2 Å². The minimum Gasteiger partial charge on any atom is -0.382 e. The van der Waals surface area contributed by atoms with Gasteiger partial charge in [-0.3, -0.25) is 34.1 Å². The summed E-state index contributed by atoms with van der Waals surface area (Å²) in [6.45, 7) is 4.30. The van der Waals surface area contributed by atoms with E-state index in [9.17, 15) is 19.2 Å². The summed E-state index contributed by atoms with van der Waals surface area (Å²) in [5.41, 5.74) is 1.04. The molecule has 0 aromatic heterocycles. The van der Waals surface area contributed by atoms with Gasteiger partial charge in [0.2, 0.25) is 11.8 Å². The van der Waals surface area contributed by atoms with Gasteiger partial charge in [0.1, 0.15) is 6.04 Å². The molecule has 1 aromatic carbocycles. The molecule has 0 saturated carbocycles. The Labute approximate surface area is 184 Å². The van der Waals surface area contributed by atoms with Gasteiger partial charge in [0.25, 0.3) is 11.8 Å². The van der Waals surface area contributed by atoms with E-state index in [1.807, 2.05) is 0 Å². The molecule has 166 valence electrons. The third-order valence-electron chi connectivity index (χ3n) is 5.37. The summed E-state index contributed by atoms with van der Waals surface area (Å²) in [6, 6.07) is 4.02. The summed E-state index contributed by atoms with van der Waals surface area (Å²) in [6.07, 6.45) is 0.230. The number of carbonyl (C=O) groups is 4. The Bertz CT molecular complexity index is 891. The number of rotatable bonds is 10. The molecule has 0 spiro atoms. The zero-order valence-corrected chi connectivity index (χ0v) is 17.8. The number of nitrogens with one attached hydrogen (secondary N) is 4. The van der Waals surface area contributed by atoms with Crippen LogP contribution in [-0.2, 0) is 14.3 Å². The van der Waals surface area contributed by atoms with E-state index in [-0.39, 0.29) is 24.0 Å². The molecular weight excluding hydrogens is 422 g/mol. The smallest absolute Gasteiger partial charge is 0.264 e. The Morgan fingerprint density at radius 1 is 1.10 bits per heavy atom. The molecule has 3 aliphatic heterocycles. The maximum Gasteiger partial charge on any atom is 0.264 e. The summed E-state index contributed by atoms with van der Waals surface area (Å²) < 4.78 is 8.87. The Morgan fingerprint density at radius 2 is 1.90 bits per heavy atom. The van der Waals surface area contributed by atoms with Crippen molar-refractivity contribution >= 4 is 41.3 Å². The summed E-state index contributed by atoms with van der Waals surface area (Å²) in [7, 11) is 0. The first kappa shape index (κ1) is 21.8. The van der Waals surface area contributed by atoms with Gasteiger partial charge in [0, 0.05) is 43.5 Å². The molecule has 0 aliphatic carbocycles. The Balaban J connectivity index is 1.29. The monoisotopic (exact) mass is 447 g/mol. The van der Waals surface area contributed by atoms with Gasteiger partial charge in [0.15, 0.2) is 0 Å². The largest absolute Gasteiger partial charge is 0.382 e. The average molecular weight is 448 g/mol. The molecule has 1 atom stereocenters. The Morgan fingerprint density at radius 3 is 2.65 bits per heavy atom. The first-order chi connectivity index (χ1) is 15.1. The van der Waals surface area contributed by atoms with Crippen molar-refractivity contribution in [2.24, 2.45) is 0 Å². The summed E-state index contributed by atoms with van der Waals surface area (Å²) in [5, 5.41) is 9.19. The van der Waals surface area contributed by atoms with Crippen molar-refractivity contribution in [2.75, 3.05) is 44.7 Å². The number of carbonyl (C=O) groups excluding carboxylic acids is 4. The Hall–Kier alpha value is -2.47. The highest BCUT2D eigenvalue weighted by atomic mass is 32.2. The lowest BCUT2D eigenvalue weighted by Crippen LogP contribution is -2.54. The maximum atomic E-state index is 13.0. The SMILES string of the molecule is O=C1CCC(N2C(=O)c3cccc(NCCOCCNSC4CNC4)c3C2=O)C(=O)N1. The maximum absolute atomic E-state index is 13.0. The lowest BCUT2D eigenvalue weighted by Gasteiger charge is -2.27. The molecule has 10 nitrogen and oxygen atoms in total. The summed E-state index contributed by atoms with van der Waals surface area (Å²) in [5.74, 6) is -2.05. The highest BCUT2D eigenvalue weighted by molar-refractivity contribution is 7.98. The topological polar surface area (TPSA) is 129 Å². The number of imide groups is 2. The highest BCUT2D eigenvalue weighted by Gasteiger charge is 2.45. The summed E-state index contributed by atoms with van der Waals surface area (Å²) in [4.78, 5) is 50.3. The number of hydrogen-bond acceptors (Lipinski definition) is 9. The van der Waals surface area contributed by atoms with Crippen molar-refractivity contribution in [3.05, 3.63) is 29.3 Å². The normalized spacial score (nSPS) is 21.2. The molecule has 0 bridgehead atoms. The molecule has 1 unspecified atom stereocenters. The number of fused-ring (bicyclic) bond motifs is 1. The average Bonchev–Trinajstić information content (AvgIpc) is 2.97. The highest BCUT2D eigenvalue weighted by Crippen LogP contribution is 2.32. The van der Waals surface area contributed by atoms with E-state index in [1.165, 1.54) is 0 Å². The number of benzene rings is 1. The van der Waals surface area contributed by atoms with Crippen molar-refractivity contribution in [1.29, 1.82) is 0 Å². The second-order valence-electron chi connectivity index (χ2n) is 7.51. The van der Waals surface area contributed by atoms with Crippen LogP contribution in [-0.4, -0.2) is 79.2 Å². The van der Waals surface area contributed by atoms with Crippen LogP contribution in [0.2, 0.25) is 0 Å². The van der Waals surface area contributed by atoms with Gasteiger partial charge < -0.3 is 15.4 Å². The van der Waals surface area contributed by atoms with Gasteiger partial charge in [-0.2, -0.15) is 0 Å². The van der Waals surface area contributed by atoms with Crippen LogP contribution < -0.4 is 20.7 Å². The molecule has 11 heteroatoms. The fraction of sp³-hybridized carbons (Fsp3) is 0.500.